The standard InChI is InChI=1S/C15H21N3O3/c1-12-2-4-13(5-3-12)14(19)16-6-7-17-15(20)18-8-10-21-11-9-18/h2-5H,6-11H2,1H3,(H,16,19)(H,17,20). The summed E-state index contributed by atoms with van der Waals surface area (Å²) in [5.74, 6) is -0.129. The molecule has 0 atom stereocenters. The highest BCUT2D eigenvalue weighted by atomic mass is 16.5. The number of ether oxygens (including phenoxy) is 1. The van der Waals surface area contributed by atoms with Crippen LogP contribution in [0.15, 0.2) is 24.3 Å². The molecule has 1 saturated heterocycles. The van der Waals surface area contributed by atoms with E-state index < -0.39 is 0 Å². The van der Waals surface area contributed by atoms with Gasteiger partial charge in [-0.15, -0.1) is 0 Å². The van der Waals surface area contributed by atoms with Gasteiger partial charge in [-0.25, -0.2) is 4.79 Å². The van der Waals surface area contributed by atoms with Crippen molar-refractivity contribution in [3.8, 4) is 0 Å². The van der Waals surface area contributed by atoms with Gasteiger partial charge in [0.2, 0.25) is 0 Å². The number of aryl methyl sites for hydroxylation is 1. The molecule has 1 fully saturated rings. The predicted molar refractivity (Wildman–Crippen MR) is 79.3 cm³/mol. The van der Waals surface area contributed by atoms with Crippen LogP contribution in [0.2, 0.25) is 0 Å². The quantitative estimate of drug-likeness (QED) is 0.805. The average molecular weight is 291 g/mol. The molecular formula is C15H21N3O3. The van der Waals surface area contributed by atoms with Crippen molar-refractivity contribution in [3.63, 3.8) is 0 Å². The molecule has 0 aromatic heterocycles. The third kappa shape index (κ3) is 4.75. The van der Waals surface area contributed by atoms with E-state index >= 15 is 0 Å². The van der Waals surface area contributed by atoms with Crippen LogP contribution < -0.4 is 10.6 Å². The largest absolute Gasteiger partial charge is 0.378 e. The first-order valence-electron chi connectivity index (χ1n) is 7.12. The van der Waals surface area contributed by atoms with Gasteiger partial charge in [0, 0.05) is 31.7 Å². The van der Waals surface area contributed by atoms with Crippen molar-refractivity contribution in [2.45, 2.75) is 6.92 Å². The number of rotatable bonds is 4. The monoisotopic (exact) mass is 291 g/mol. The maximum atomic E-state index is 11.9. The Morgan fingerprint density at radius 3 is 2.38 bits per heavy atom. The number of carbonyl (C=O) groups is 2. The second-order valence-corrected chi connectivity index (χ2v) is 4.95. The Hall–Kier alpha value is -2.08. The minimum absolute atomic E-state index is 0.108. The smallest absolute Gasteiger partial charge is 0.317 e. The Bertz CT molecular complexity index is 481. The number of amides is 3. The fourth-order valence-corrected chi connectivity index (χ4v) is 2.03. The van der Waals surface area contributed by atoms with Gasteiger partial charge in [0.05, 0.1) is 13.2 Å². The molecule has 2 N–H and O–H groups in total. The van der Waals surface area contributed by atoms with Crippen molar-refractivity contribution < 1.29 is 14.3 Å². The van der Waals surface area contributed by atoms with Gasteiger partial charge in [0.1, 0.15) is 0 Å². The minimum Gasteiger partial charge on any atom is -0.378 e. The van der Waals surface area contributed by atoms with E-state index in [1.807, 2.05) is 19.1 Å². The number of nitrogens with one attached hydrogen (secondary N) is 2. The first kappa shape index (κ1) is 15.3. The summed E-state index contributed by atoms with van der Waals surface area (Å²) < 4.78 is 5.19. The highest BCUT2D eigenvalue weighted by Crippen LogP contribution is 2.02. The van der Waals surface area contributed by atoms with E-state index in [1.165, 1.54) is 0 Å². The maximum Gasteiger partial charge on any atom is 0.317 e. The van der Waals surface area contributed by atoms with E-state index in [-0.39, 0.29) is 11.9 Å². The molecule has 0 bridgehead atoms. The van der Waals surface area contributed by atoms with Crippen LogP contribution in [-0.2, 0) is 4.74 Å². The van der Waals surface area contributed by atoms with Crippen LogP contribution >= 0.6 is 0 Å². The minimum atomic E-state index is -0.129. The van der Waals surface area contributed by atoms with Crippen LogP contribution in [-0.4, -0.2) is 56.2 Å². The summed E-state index contributed by atoms with van der Waals surface area (Å²) in [5.41, 5.74) is 1.74. The SMILES string of the molecule is Cc1ccc(C(=O)NCCNC(=O)N2CCOCC2)cc1. The maximum absolute atomic E-state index is 11.9. The molecule has 1 aromatic carbocycles. The zero-order valence-electron chi connectivity index (χ0n) is 12.2. The zero-order chi connectivity index (χ0) is 15.1. The number of nitrogens with zero attached hydrogens (tertiary/aromatic N) is 1. The van der Waals surface area contributed by atoms with E-state index in [1.54, 1.807) is 17.0 Å². The third-order valence-corrected chi connectivity index (χ3v) is 3.30. The Balaban J connectivity index is 1.66. The fourth-order valence-electron chi connectivity index (χ4n) is 2.03. The van der Waals surface area contributed by atoms with E-state index in [4.69, 9.17) is 4.74 Å². The number of urea groups is 1. The average Bonchev–Trinajstić information content (AvgIpc) is 2.52. The summed E-state index contributed by atoms with van der Waals surface area (Å²) in [7, 11) is 0. The van der Waals surface area contributed by atoms with Crippen molar-refractivity contribution in [1.82, 2.24) is 15.5 Å². The summed E-state index contributed by atoms with van der Waals surface area (Å²) in [4.78, 5) is 25.4. The molecule has 1 aliphatic rings. The van der Waals surface area contributed by atoms with E-state index in [2.05, 4.69) is 10.6 Å². The Kier molecular flexibility index (Phi) is 5.57. The molecule has 0 radical (unpaired) electrons. The highest BCUT2D eigenvalue weighted by Gasteiger charge is 2.15. The molecular weight excluding hydrogens is 270 g/mol. The van der Waals surface area contributed by atoms with Crippen LogP contribution in [0.25, 0.3) is 0 Å². The molecule has 3 amide bonds. The Morgan fingerprint density at radius 1 is 1.10 bits per heavy atom. The van der Waals surface area contributed by atoms with Crippen LogP contribution in [0.5, 0.6) is 0 Å². The molecule has 0 aliphatic carbocycles. The van der Waals surface area contributed by atoms with E-state index in [0.29, 0.717) is 45.0 Å². The molecule has 2 rings (SSSR count). The van der Waals surface area contributed by atoms with Crippen LogP contribution in [0, 0.1) is 6.92 Å². The van der Waals surface area contributed by atoms with Gasteiger partial charge in [-0.2, -0.15) is 0 Å². The molecule has 1 aromatic rings. The number of morpholine rings is 1. The molecule has 1 aliphatic heterocycles. The van der Waals surface area contributed by atoms with Crippen molar-refractivity contribution >= 4 is 11.9 Å². The lowest BCUT2D eigenvalue weighted by Crippen LogP contribution is -2.47. The molecule has 6 heteroatoms. The third-order valence-electron chi connectivity index (χ3n) is 3.30. The van der Waals surface area contributed by atoms with Crippen LogP contribution in [0.3, 0.4) is 0 Å². The molecule has 0 unspecified atom stereocenters. The summed E-state index contributed by atoms with van der Waals surface area (Å²) >= 11 is 0. The van der Waals surface area contributed by atoms with Gasteiger partial charge in [-0.1, -0.05) is 17.7 Å². The Labute approximate surface area is 124 Å². The van der Waals surface area contributed by atoms with Gasteiger partial charge in [0.25, 0.3) is 5.91 Å². The van der Waals surface area contributed by atoms with Gasteiger partial charge in [-0.05, 0) is 19.1 Å². The zero-order valence-corrected chi connectivity index (χ0v) is 12.2. The highest BCUT2D eigenvalue weighted by molar-refractivity contribution is 5.94. The van der Waals surface area contributed by atoms with Gasteiger partial charge < -0.3 is 20.3 Å². The van der Waals surface area contributed by atoms with Gasteiger partial charge in [-0.3, -0.25) is 4.79 Å². The second-order valence-electron chi connectivity index (χ2n) is 4.95. The van der Waals surface area contributed by atoms with Crippen molar-refractivity contribution in [1.29, 1.82) is 0 Å². The lowest BCUT2D eigenvalue weighted by Gasteiger charge is -2.26. The van der Waals surface area contributed by atoms with Gasteiger partial charge >= 0.3 is 6.03 Å². The summed E-state index contributed by atoms with van der Waals surface area (Å²) in [5, 5.41) is 5.56. The normalized spacial score (nSPS) is 14.6. The van der Waals surface area contributed by atoms with Gasteiger partial charge in [0.15, 0.2) is 0 Å². The molecule has 0 saturated carbocycles. The van der Waals surface area contributed by atoms with E-state index in [9.17, 15) is 9.59 Å². The molecule has 6 nitrogen and oxygen atoms in total. The number of hydrogen-bond donors (Lipinski definition) is 2. The topological polar surface area (TPSA) is 70.7 Å². The number of benzene rings is 1. The first-order chi connectivity index (χ1) is 10.2. The molecule has 0 spiro atoms. The summed E-state index contributed by atoms with van der Waals surface area (Å²) in [6, 6.07) is 7.26. The molecule has 114 valence electrons. The van der Waals surface area contributed by atoms with Crippen LogP contribution in [0.4, 0.5) is 4.79 Å². The summed E-state index contributed by atoms with van der Waals surface area (Å²) in [6.45, 7) is 5.18. The number of hydrogen-bond acceptors (Lipinski definition) is 3. The predicted octanol–water partition coefficient (Wildman–Crippen LogP) is 0.767. The summed E-state index contributed by atoms with van der Waals surface area (Å²) in [6.07, 6.45) is 0. The second kappa shape index (κ2) is 7.64. The molecule has 1 heterocycles. The molecule has 21 heavy (non-hydrogen) atoms. The first-order valence-corrected chi connectivity index (χ1v) is 7.12. The van der Waals surface area contributed by atoms with Crippen LogP contribution in [0.1, 0.15) is 15.9 Å². The van der Waals surface area contributed by atoms with Crippen molar-refractivity contribution in [2.24, 2.45) is 0 Å². The lowest BCUT2D eigenvalue weighted by molar-refractivity contribution is 0.0532. The number of carbonyl (C=O) groups excluding carboxylic acids is 2. The fraction of sp³-hybridized carbons (Fsp3) is 0.467. The lowest BCUT2D eigenvalue weighted by atomic mass is 10.1. The van der Waals surface area contributed by atoms with Crippen molar-refractivity contribution in [3.05, 3.63) is 35.4 Å². The Morgan fingerprint density at radius 2 is 1.71 bits per heavy atom. The van der Waals surface area contributed by atoms with Crippen molar-refractivity contribution in [2.75, 3.05) is 39.4 Å². The van der Waals surface area contributed by atoms with E-state index in [0.717, 1.165) is 5.56 Å².